The minimum atomic E-state index is -0.768. The molecule has 1 amide bonds. The summed E-state index contributed by atoms with van der Waals surface area (Å²) < 4.78 is 5.71. The zero-order valence-electron chi connectivity index (χ0n) is 13.3. The van der Waals surface area contributed by atoms with E-state index in [1.165, 1.54) is 0 Å². The quantitative estimate of drug-likeness (QED) is 0.827. The number of ether oxygens (including phenoxy) is 1. The standard InChI is InChI=1S/C15H29N3O2/c1-5-20-12-11-15(16,14(12,2)3)13(19)18-8-6-7-17(4)9-10-18/h12H,5-11,16H2,1-4H3. The van der Waals surface area contributed by atoms with Gasteiger partial charge in [0, 0.05) is 38.1 Å². The van der Waals surface area contributed by atoms with E-state index in [0.29, 0.717) is 13.0 Å². The summed E-state index contributed by atoms with van der Waals surface area (Å²) in [6.07, 6.45) is 1.75. The zero-order valence-corrected chi connectivity index (χ0v) is 13.3. The van der Waals surface area contributed by atoms with Crippen LogP contribution >= 0.6 is 0 Å². The number of hydrogen-bond acceptors (Lipinski definition) is 4. The van der Waals surface area contributed by atoms with E-state index in [0.717, 1.165) is 32.6 Å². The van der Waals surface area contributed by atoms with Crippen molar-refractivity contribution in [2.24, 2.45) is 11.1 Å². The molecule has 0 bridgehead atoms. The fraction of sp³-hybridized carbons (Fsp3) is 0.933. The van der Waals surface area contributed by atoms with Crippen LogP contribution in [0.1, 0.15) is 33.6 Å². The van der Waals surface area contributed by atoms with E-state index in [-0.39, 0.29) is 17.4 Å². The molecular weight excluding hydrogens is 254 g/mol. The van der Waals surface area contributed by atoms with Crippen LogP contribution in [-0.4, -0.2) is 67.2 Å². The van der Waals surface area contributed by atoms with Crippen molar-refractivity contribution in [3.63, 3.8) is 0 Å². The van der Waals surface area contributed by atoms with E-state index in [2.05, 4.69) is 25.8 Å². The molecule has 0 aromatic rings. The number of carbonyl (C=O) groups excluding carboxylic acids is 1. The second-order valence-electron chi connectivity index (χ2n) is 6.79. The molecule has 1 aliphatic heterocycles. The smallest absolute Gasteiger partial charge is 0.243 e. The summed E-state index contributed by atoms with van der Waals surface area (Å²) in [6, 6.07) is 0. The van der Waals surface area contributed by atoms with Gasteiger partial charge >= 0.3 is 0 Å². The van der Waals surface area contributed by atoms with Gasteiger partial charge in [-0.3, -0.25) is 4.79 Å². The lowest BCUT2D eigenvalue weighted by Gasteiger charge is -2.58. The van der Waals surface area contributed by atoms with Gasteiger partial charge in [-0.1, -0.05) is 13.8 Å². The highest BCUT2D eigenvalue weighted by Gasteiger charge is 2.63. The zero-order chi connectivity index (χ0) is 15.0. The van der Waals surface area contributed by atoms with Gasteiger partial charge in [0.25, 0.3) is 0 Å². The Kier molecular flexibility index (Phi) is 4.42. The summed E-state index contributed by atoms with van der Waals surface area (Å²) in [5, 5.41) is 0. The SMILES string of the molecule is CCOC1CC(N)(C(=O)N2CCCN(C)CC2)C1(C)C. The molecule has 2 fully saturated rings. The number of carbonyl (C=O) groups is 1. The molecule has 1 heterocycles. The van der Waals surface area contributed by atoms with E-state index in [4.69, 9.17) is 10.5 Å². The molecule has 0 aromatic heterocycles. The lowest BCUT2D eigenvalue weighted by atomic mass is 9.54. The molecule has 2 N–H and O–H groups in total. The Morgan fingerprint density at radius 3 is 2.60 bits per heavy atom. The first kappa shape index (κ1) is 15.7. The molecule has 2 aliphatic rings. The van der Waals surface area contributed by atoms with E-state index in [9.17, 15) is 4.79 Å². The Labute approximate surface area is 122 Å². The fourth-order valence-corrected chi connectivity index (χ4v) is 3.33. The first-order chi connectivity index (χ1) is 9.33. The number of nitrogens with zero attached hydrogens (tertiary/aromatic N) is 2. The summed E-state index contributed by atoms with van der Waals surface area (Å²) >= 11 is 0. The number of likely N-dealkylation sites (N-methyl/N-ethyl adjacent to an activating group) is 1. The topological polar surface area (TPSA) is 58.8 Å². The summed E-state index contributed by atoms with van der Waals surface area (Å²) in [4.78, 5) is 17.1. The summed E-state index contributed by atoms with van der Waals surface area (Å²) in [7, 11) is 2.10. The van der Waals surface area contributed by atoms with Crippen molar-refractivity contribution < 1.29 is 9.53 Å². The third-order valence-corrected chi connectivity index (χ3v) is 5.22. The molecule has 1 saturated heterocycles. The lowest BCUT2D eigenvalue weighted by molar-refractivity contribution is -0.179. The third kappa shape index (κ3) is 2.47. The number of hydrogen-bond donors (Lipinski definition) is 1. The molecule has 1 saturated carbocycles. The maximum Gasteiger partial charge on any atom is 0.243 e. The molecule has 5 nitrogen and oxygen atoms in total. The van der Waals surface area contributed by atoms with Crippen molar-refractivity contribution >= 4 is 5.91 Å². The van der Waals surface area contributed by atoms with Gasteiger partial charge in [0.15, 0.2) is 0 Å². The highest BCUT2D eigenvalue weighted by Crippen LogP contribution is 2.50. The van der Waals surface area contributed by atoms with E-state index in [1.54, 1.807) is 0 Å². The van der Waals surface area contributed by atoms with E-state index in [1.807, 2.05) is 11.8 Å². The highest BCUT2D eigenvalue weighted by atomic mass is 16.5. The minimum absolute atomic E-state index is 0.0936. The number of nitrogens with two attached hydrogens (primary N) is 1. The normalized spacial score (nSPS) is 34.5. The Bertz CT molecular complexity index is 372. The third-order valence-electron chi connectivity index (χ3n) is 5.22. The molecule has 0 aromatic carbocycles. The van der Waals surface area contributed by atoms with Crippen LogP contribution < -0.4 is 5.73 Å². The lowest BCUT2D eigenvalue weighted by Crippen LogP contribution is -2.76. The second kappa shape index (κ2) is 5.62. The molecule has 2 rings (SSSR count). The second-order valence-corrected chi connectivity index (χ2v) is 6.79. The molecule has 0 spiro atoms. The van der Waals surface area contributed by atoms with Crippen LogP contribution in [0.4, 0.5) is 0 Å². The Morgan fingerprint density at radius 1 is 1.30 bits per heavy atom. The van der Waals surface area contributed by atoms with Crippen molar-refractivity contribution in [1.29, 1.82) is 0 Å². The molecule has 5 heteroatoms. The monoisotopic (exact) mass is 283 g/mol. The van der Waals surface area contributed by atoms with Crippen molar-refractivity contribution in [2.75, 3.05) is 39.8 Å². The van der Waals surface area contributed by atoms with Gasteiger partial charge in [-0.05, 0) is 26.9 Å². The van der Waals surface area contributed by atoms with Crippen LogP contribution in [0, 0.1) is 5.41 Å². The average Bonchev–Trinajstić information content (AvgIpc) is 2.62. The van der Waals surface area contributed by atoms with Gasteiger partial charge in [-0.15, -0.1) is 0 Å². The molecular formula is C15H29N3O2. The molecule has 1 aliphatic carbocycles. The number of rotatable bonds is 3. The van der Waals surface area contributed by atoms with Gasteiger partial charge in [-0.2, -0.15) is 0 Å². The van der Waals surface area contributed by atoms with Crippen LogP contribution in [-0.2, 0) is 9.53 Å². The van der Waals surface area contributed by atoms with Gasteiger partial charge in [0.2, 0.25) is 5.91 Å². The molecule has 0 radical (unpaired) electrons. The van der Waals surface area contributed by atoms with Gasteiger partial charge < -0.3 is 20.3 Å². The van der Waals surface area contributed by atoms with Crippen LogP contribution in [0.2, 0.25) is 0 Å². The van der Waals surface area contributed by atoms with Crippen molar-refractivity contribution in [3.05, 3.63) is 0 Å². The predicted octanol–water partition coefficient (Wildman–Crippen LogP) is 0.683. The first-order valence-electron chi connectivity index (χ1n) is 7.71. The molecule has 116 valence electrons. The van der Waals surface area contributed by atoms with Crippen LogP contribution in [0.15, 0.2) is 0 Å². The van der Waals surface area contributed by atoms with Gasteiger partial charge in [-0.25, -0.2) is 0 Å². The fourth-order valence-electron chi connectivity index (χ4n) is 3.33. The maximum atomic E-state index is 12.9. The van der Waals surface area contributed by atoms with Gasteiger partial charge in [0.1, 0.15) is 5.54 Å². The Hall–Kier alpha value is -0.650. The van der Waals surface area contributed by atoms with Gasteiger partial charge in [0.05, 0.1) is 6.10 Å². The highest BCUT2D eigenvalue weighted by molar-refractivity contribution is 5.89. The Balaban J connectivity index is 2.05. The largest absolute Gasteiger partial charge is 0.378 e. The van der Waals surface area contributed by atoms with Crippen LogP contribution in [0.25, 0.3) is 0 Å². The van der Waals surface area contributed by atoms with E-state index >= 15 is 0 Å². The molecule has 20 heavy (non-hydrogen) atoms. The Morgan fingerprint density at radius 2 is 2.00 bits per heavy atom. The first-order valence-corrected chi connectivity index (χ1v) is 7.71. The van der Waals surface area contributed by atoms with Crippen molar-refractivity contribution in [3.8, 4) is 0 Å². The maximum absolute atomic E-state index is 12.9. The van der Waals surface area contributed by atoms with Crippen LogP contribution in [0.3, 0.4) is 0 Å². The predicted molar refractivity (Wildman–Crippen MR) is 79.4 cm³/mol. The van der Waals surface area contributed by atoms with Crippen molar-refractivity contribution in [2.45, 2.75) is 45.3 Å². The molecule has 2 unspecified atom stereocenters. The average molecular weight is 283 g/mol. The minimum Gasteiger partial charge on any atom is -0.378 e. The summed E-state index contributed by atoms with van der Waals surface area (Å²) in [5.74, 6) is 0.105. The summed E-state index contributed by atoms with van der Waals surface area (Å²) in [6.45, 7) is 10.3. The molecule has 2 atom stereocenters. The van der Waals surface area contributed by atoms with Crippen LogP contribution in [0.5, 0.6) is 0 Å². The summed E-state index contributed by atoms with van der Waals surface area (Å²) in [5.41, 5.74) is 5.42. The van der Waals surface area contributed by atoms with E-state index < -0.39 is 5.54 Å². The number of amides is 1. The van der Waals surface area contributed by atoms with Crippen molar-refractivity contribution in [1.82, 2.24) is 9.80 Å².